The van der Waals surface area contributed by atoms with Gasteiger partial charge in [-0.15, -0.1) is 0 Å². The van der Waals surface area contributed by atoms with Crippen molar-refractivity contribution in [1.29, 1.82) is 0 Å². The van der Waals surface area contributed by atoms with Crippen LogP contribution < -0.4 is 0 Å². The molecule has 1 N–H and O–H groups in total. The average molecular weight is 402 g/mol. The Balaban J connectivity index is 1.87. The van der Waals surface area contributed by atoms with Gasteiger partial charge in [0.15, 0.2) is 0 Å². The van der Waals surface area contributed by atoms with Gasteiger partial charge in [0.2, 0.25) is 0 Å². The minimum Gasteiger partial charge on any atom is -0.444 e. The van der Waals surface area contributed by atoms with Crippen molar-refractivity contribution in [1.82, 2.24) is 9.80 Å². The molecule has 29 heavy (non-hydrogen) atoms. The topological polar surface area (TPSA) is 87.2 Å². The van der Waals surface area contributed by atoms with Crippen molar-refractivity contribution in [3.8, 4) is 0 Å². The molecule has 0 spiro atoms. The lowest BCUT2D eigenvalue weighted by atomic mass is 9.93. The number of amides is 3. The summed E-state index contributed by atoms with van der Waals surface area (Å²) in [6, 6.07) is 5.83. The van der Waals surface area contributed by atoms with Crippen LogP contribution in [0, 0.1) is 5.92 Å². The van der Waals surface area contributed by atoms with Crippen molar-refractivity contribution < 1.29 is 24.2 Å². The van der Waals surface area contributed by atoms with E-state index >= 15 is 0 Å². The van der Waals surface area contributed by atoms with Crippen LogP contribution in [0.15, 0.2) is 24.3 Å². The second-order valence-electron chi connectivity index (χ2n) is 8.99. The molecular formula is C22H30N2O5. The molecule has 0 radical (unpaired) electrons. The van der Waals surface area contributed by atoms with Crippen LogP contribution in [0.4, 0.5) is 4.79 Å². The Morgan fingerprint density at radius 1 is 1.17 bits per heavy atom. The highest BCUT2D eigenvalue weighted by Crippen LogP contribution is 2.33. The van der Waals surface area contributed by atoms with Crippen LogP contribution in [-0.2, 0) is 4.74 Å². The third-order valence-electron chi connectivity index (χ3n) is 5.60. The van der Waals surface area contributed by atoms with Gasteiger partial charge in [0, 0.05) is 13.6 Å². The molecule has 1 saturated carbocycles. The van der Waals surface area contributed by atoms with Crippen molar-refractivity contribution in [3.63, 3.8) is 0 Å². The van der Waals surface area contributed by atoms with Crippen molar-refractivity contribution in [2.75, 3.05) is 13.6 Å². The zero-order chi connectivity index (χ0) is 21.3. The fourth-order valence-corrected chi connectivity index (χ4v) is 4.16. The summed E-state index contributed by atoms with van der Waals surface area (Å²) in [4.78, 5) is 40.9. The zero-order valence-electron chi connectivity index (χ0n) is 17.6. The molecular weight excluding hydrogens is 372 g/mol. The molecule has 2 aliphatic rings. The minimum absolute atomic E-state index is 0.00338. The van der Waals surface area contributed by atoms with Gasteiger partial charge in [0.1, 0.15) is 5.60 Å². The number of carbonyl (C=O) groups excluding carboxylic acids is 3. The van der Waals surface area contributed by atoms with Gasteiger partial charge in [-0.2, -0.15) is 0 Å². The van der Waals surface area contributed by atoms with E-state index < -0.39 is 35.7 Å². The number of aliphatic hydroxyl groups is 1. The molecule has 0 bridgehead atoms. The summed E-state index contributed by atoms with van der Waals surface area (Å²) >= 11 is 0. The van der Waals surface area contributed by atoms with Gasteiger partial charge in [0.25, 0.3) is 11.8 Å². The lowest BCUT2D eigenvalue weighted by Crippen LogP contribution is -2.55. The Kier molecular flexibility index (Phi) is 5.98. The van der Waals surface area contributed by atoms with Gasteiger partial charge in [-0.3, -0.25) is 14.5 Å². The van der Waals surface area contributed by atoms with Crippen LogP contribution in [0.3, 0.4) is 0 Å². The van der Waals surface area contributed by atoms with Gasteiger partial charge < -0.3 is 14.7 Å². The normalized spacial score (nSPS) is 19.3. The van der Waals surface area contributed by atoms with Gasteiger partial charge in [-0.25, -0.2) is 4.79 Å². The summed E-state index contributed by atoms with van der Waals surface area (Å²) < 4.78 is 5.40. The monoisotopic (exact) mass is 402 g/mol. The molecule has 1 aliphatic heterocycles. The molecule has 1 heterocycles. The van der Waals surface area contributed by atoms with Gasteiger partial charge in [-0.05, 0) is 51.7 Å². The molecule has 1 fully saturated rings. The number of nitrogens with zero attached hydrogens (tertiary/aromatic N) is 2. The lowest BCUT2D eigenvalue weighted by molar-refractivity contribution is -0.00452. The molecule has 3 amide bonds. The number of ether oxygens (including phenoxy) is 1. The number of rotatable bonds is 5. The van der Waals surface area contributed by atoms with E-state index in [1.807, 2.05) is 0 Å². The number of hydrogen-bond donors (Lipinski definition) is 1. The van der Waals surface area contributed by atoms with Crippen molar-refractivity contribution >= 4 is 17.9 Å². The third-order valence-corrected chi connectivity index (χ3v) is 5.60. The number of benzene rings is 1. The summed E-state index contributed by atoms with van der Waals surface area (Å²) in [6.07, 6.45) is 2.26. The Morgan fingerprint density at radius 2 is 1.69 bits per heavy atom. The van der Waals surface area contributed by atoms with E-state index in [0.29, 0.717) is 11.1 Å². The number of hydrogen-bond acceptors (Lipinski definition) is 5. The Labute approximate surface area is 171 Å². The van der Waals surface area contributed by atoms with Crippen molar-refractivity contribution in [2.24, 2.45) is 5.92 Å². The molecule has 3 rings (SSSR count). The zero-order valence-corrected chi connectivity index (χ0v) is 17.6. The van der Waals surface area contributed by atoms with E-state index in [1.165, 1.54) is 4.90 Å². The van der Waals surface area contributed by atoms with Crippen LogP contribution in [0.25, 0.3) is 0 Å². The van der Waals surface area contributed by atoms with E-state index in [9.17, 15) is 19.5 Å². The SMILES string of the molecule is CN(C[C@H](C(O)C1CCCC1)N1C(=O)c2ccccc2C1=O)C(=O)OC(C)(C)C. The molecule has 0 aromatic heterocycles. The third kappa shape index (κ3) is 4.45. The molecule has 158 valence electrons. The predicted molar refractivity (Wildman–Crippen MR) is 108 cm³/mol. The fraction of sp³-hybridized carbons (Fsp3) is 0.591. The molecule has 0 saturated heterocycles. The molecule has 1 aromatic carbocycles. The van der Waals surface area contributed by atoms with Crippen LogP contribution in [0.2, 0.25) is 0 Å². The number of carbonyl (C=O) groups is 3. The maximum atomic E-state index is 13.0. The Hall–Kier alpha value is -2.41. The highest BCUT2D eigenvalue weighted by Gasteiger charge is 2.45. The number of imide groups is 1. The standard InChI is InChI=1S/C22H30N2O5/c1-22(2,3)29-21(28)23(4)13-17(18(25)14-9-5-6-10-14)24-19(26)15-11-7-8-12-16(15)20(24)27/h7-8,11-12,14,17-18,25H,5-6,9-10,13H2,1-4H3/t17-,18?/m1/s1. The maximum Gasteiger partial charge on any atom is 0.410 e. The molecule has 2 atom stereocenters. The van der Waals surface area contributed by atoms with Crippen LogP contribution in [-0.4, -0.2) is 64.2 Å². The van der Waals surface area contributed by atoms with Crippen LogP contribution >= 0.6 is 0 Å². The second-order valence-corrected chi connectivity index (χ2v) is 8.99. The first-order chi connectivity index (χ1) is 13.6. The summed E-state index contributed by atoms with van der Waals surface area (Å²) in [5.74, 6) is -0.855. The van der Waals surface area contributed by atoms with Gasteiger partial charge in [0.05, 0.1) is 23.3 Å². The maximum absolute atomic E-state index is 13.0. The van der Waals surface area contributed by atoms with E-state index in [2.05, 4.69) is 0 Å². The average Bonchev–Trinajstić information content (AvgIpc) is 3.26. The van der Waals surface area contributed by atoms with Gasteiger partial charge in [-0.1, -0.05) is 25.0 Å². The number of likely N-dealkylation sites (N-methyl/N-ethyl adjacent to an activating group) is 1. The number of aliphatic hydroxyl groups excluding tert-OH is 1. The Bertz CT molecular complexity index is 760. The first-order valence-electron chi connectivity index (χ1n) is 10.2. The molecule has 1 unspecified atom stereocenters. The van der Waals surface area contributed by atoms with E-state index in [1.54, 1.807) is 52.1 Å². The summed E-state index contributed by atoms with van der Waals surface area (Å²) in [6.45, 7) is 5.33. The van der Waals surface area contributed by atoms with Gasteiger partial charge >= 0.3 is 6.09 Å². The summed E-state index contributed by atoms with van der Waals surface area (Å²) in [5, 5.41) is 11.1. The molecule has 7 heteroatoms. The van der Waals surface area contributed by atoms with E-state index in [0.717, 1.165) is 30.6 Å². The van der Waals surface area contributed by atoms with Crippen LogP contribution in [0.1, 0.15) is 67.2 Å². The summed E-state index contributed by atoms with van der Waals surface area (Å²) in [5.41, 5.74) is 0.00236. The fourth-order valence-electron chi connectivity index (χ4n) is 4.16. The molecule has 1 aliphatic carbocycles. The molecule has 7 nitrogen and oxygen atoms in total. The predicted octanol–water partition coefficient (Wildman–Crippen LogP) is 3.07. The highest BCUT2D eigenvalue weighted by molar-refractivity contribution is 6.21. The largest absolute Gasteiger partial charge is 0.444 e. The van der Waals surface area contributed by atoms with E-state index in [-0.39, 0.29) is 12.5 Å². The first kappa shape index (κ1) is 21.3. The van der Waals surface area contributed by atoms with E-state index in [4.69, 9.17) is 4.74 Å². The summed E-state index contributed by atoms with van der Waals surface area (Å²) in [7, 11) is 1.56. The smallest absolute Gasteiger partial charge is 0.410 e. The van der Waals surface area contributed by atoms with Crippen LogP contribution in [0.5, 0.6) is 0 Å². The highest BCUT2D eigenvalue weighted by atomic mass is 16.6. The number of fused-ring (bicyclic) bond motifs is 1. The molecule has 1 aromatic rings. The lowest BCUT2D eigenvalue weighted by Gasteiger charge is -2.36. The van der Waals surface area contributed by atoms with Crippen molar-refractivity contribution in [3.05, 3.63) is 35.4 Å². The first-order valence-corrected chi connectivity index (χ1v) is 10.2. The van der Waals surface area contributed by atoms with Crippen molar-refractivity contribution in [2.45, 2.75) is 64.2 Å². The minimum atomic E-state index is -0.899. The second kappa shape index (κ2) is 8.14. The quantitative estimate of drug-likeness (QED) is 0.765. The Morgan fingerprint density at radius 3 is 2.17 bits per heavy atom.